The zero-order chi connectivity index (χ0) is 26.8. The van der Waals surface area contributed by atoms with E-state index in [1.54, 1.807) is 6.92 Å². The number of aromatic nitrogens is 1. The normalized spacial score (nSPS) is 22.0. The van der Waals surface area contributed by atoms with Crippen LogP contribution in [0.2, 0.25) is 0 Å². The Labute approximate surface area is 216 Å². The van der Waals surface area contributed by atoms with Crippen LogP contribution in [0.15, 0.2) is 42.6 Å². The lowest BCUT2D eigenvalue weighted by Gasteiger charge is -2.31. The van der Waals surface area contributed by atoms with Gasteiger partial charge < -0.3 is 29.0 Å². The summed E-state index contributed by atoms with van der Waals surface area (Å²) in [5.74, 6) is -1.19. The van der Waals surface area contributed by atoms with Crippen molar-refractivity contribution in [1.82, 2.24) is 10.3 Å². The lowest BCUT2D eigenvalue weighted by Crippen LogP contribution is -2.46. The Kier molecular flexibility index (Phi) is 10.3. The van der Waals surface area contributed by atoms with Crippen molar-refractivity contribution in [2.75, 3.05) is 13.7 Å². The van der Waals surface area contributed by atoms with Crippen molar-refractivity contribution >= 4 is 17.8 Å². The second kappa shape index (κ2) is 13.6. The lowest BCUT2D eigenvalue weighted by atomic mass is 10.0. The molecule has 4 atom stereocenters. The van der Waals surface area contributed by atoms with Crippen molar-refractivity contribution in [3.63, 3.8) is 0 Å². The molecule has 1 aliphatic rings. The molecule has 0 saturated carbocycles. The van der Waals surface area contributed by atoms with E-state index >= 15 is 0 Å². The summed E-state index contributed by atoms with van der Waals surface area (Å²) in [5, 5.41) is 2.68. The quantitative estimate of drug-likeness (QED) is 0.501. The third-order valence-electron chi connectivity index (χ3n) is 5.80. The third-order valence-corrected chi connectivity index (χ3v) is 5.80. The molecule has 2 aromatic rings. The van der Waals surface area contributed by atoms with Gasteiger partial charge in [-0.3, -0.25) is 9.59 Å². The summed E-state index contributed by atoms with van der Waals surface area (Å²) in [6, 6.07) is 9.93. The molecule has 10 heteroatoms. The first-order chi connectivity index (χ1) is 17.8. The molecule has 0 bridgehead atoms. The van der Waals surface area contributed by atoms with Gasteiger partial charge in [-0.25, -0.2) is 9.78 Å². The summed E-state index contributed by atoms with van der Waals surface area (Å²) in [4.78, 5) is 41.9. The van der Waals surface area contributed by atoms with Crippen LogP contribution in [0.25, 0.3) is 0 Å². The van der Waals surface area contributed by atoms with Gasteiger partial charge in [0.2, 0.25) is 5.75 Å². The molecule has 200 valence electrons. The van der Waals surface area contributed by atoms with E-state index in [-0.39, 0.29) is 23.3 Å². The summed E-state index contributed by atoms with van der Waals surface area (Å²) in [5.41, 5.74) is -0.176. The largest absolute Gasteiger partial charge is 0.493 e. The second-order valence-electron chi connectivity index (χ2n) is 8.69. The Hall–Kier alpha value is -3.66. The third kappa shape index (κ3) is 7.66. The van der Waals surface area contributed by atoms with Crippen molar-refractivity contribution in [1.29, 1.82) is 0 Å². The molecule has 3 rings (SSSR count). The van der Waals surface area contributed by atoms with Gasteiger partial charge in [0, 0.05) is 25.8 Å². The molecule has 1 saturated heterocycles. The van der Waals surface area contributed by atoms with Crippen LogP contribution in [0.4, 0.5) is 0 Å². The number of para-hydroxylation sites is 1. The van der Waals surface area contributed by atoms with E-state index in [1.165, 1.54) is 26.3 Å². The molecule has 0 spiro atoms. The van der Waals surface area contributed by atoms with Crippen molar-refractivity contribution in [2.24, 2.45) is 0 Å². The topological polar surface area (TPSA) is 122 Å². The Bertz CT molecular complexity index is 1060. The summed E-state index contributed by atoms with van der Waals surface area (Å²) < 4.78 is 28.4. The van der Waals surface area contributed by atoms with Crippen molar-refractivity contribution in [3.8, 4) is 17.2 Å². The number of amides is 1. The van der Waals surface area contributed by atoms with Crippen LogP contribution in [0.5, 0.6) is 17.2 Å². The highest BCUT2D eigenvalue weighted by molar-refractivity contribution is 5.98. The monoisotopic (exact) mass is 514 g/mol. The number of cyclic esters (lactones) is 1. The molecule has 0 aliphatic carbocycles. The summed E-state index contributed by atoms with van der Waals surface area (Å²) in [7, 11) is 1.38. The first kappa shape index (κ1) is 27.9. The van der Waals surface area contributed by atoms with Gasteiger partial charge in [-0.05, 0) is 44.7 Å². The molecule has 1 amide bonds. The number of hydrogen-bond acceptors (Lipinski definition) is 9. The maximum Gasteiger partial charge on any atom is 0.329 e. The fourth-order valence-electron chi connectivity index (χ4n) is 4.09. The minimum absolute atomic E-state index is 0.121. The number of pyridine rings is 1. The average molecular weight is 515 g/mol. The molecule has 4 unspecified atom stereocenters. The van der Waals surface area contributed by atoms with Gasteiger partial charge in [-0.1, -0.05) is 25.1 Å². The number of benzene rings is 1. The van der Waals surface area contributed by atoms with E-state index in [1.807, 2.05) is 37.3 Å². The first-order valence-corrected chi connectivity index (χ1v) is 12.4. The Morgan fingerprint density at radius 3 is 2.59 bits per heavy atom. The maximum absolute atomic E-state index is 13.1. The van der Waals surface area contributed by atoms with E-state index in [4.69, 9.17) is 23.7 Å². The highest BCUT2D eigenvalue weighted by atomic mass is 16.6. The van der Waals surface area contributed by atoms with Crippen LogP contribution >= 0.6 is 0 Å². The summed E-state index contributed by atoms with van der Waals surface area (Å²) in [6.45, 7) is 5.45. The zero-order valence-electron chi connectivity index (χ0n) is 21.6. The van der Waals surface area contributed by atoms with Crippen molar-refractivity contribution in [2.45, 2.75) is 70.8 Å². The highest BCUT2D eigenvalue weighted by Gasteiger charge is 2.36. The van der Waals surface area contributed by atoms with Gasteiger partial charge in [0.1, 0.15) is 30.1 Å². The van der Waals surface area contributed by atoms with Crippen molar-refractivity contribution < 1.29 is 38.1 Å². The van der Waals surface area contributed by atoms with E-state index < -0.39 is 36.1 Å². The van der Waals surface area contributed by atoms with E-state index in [0.717, 1.165) is 6.42 Å². The molecule has 37 heavy (non-hydrogen) atoms. The second-order valence-corrected chi connectivity index (χ2v) is 8.69. The SMILES string of the molecule is CCCOC1C(C)OC(=O)C(NC(=O)c2nccc(OC)c2OC(C)=O)CCCC1Oc1ccccc1. The van der Waals surface area contributed by atoms with E-state index in [9.17, 15) is 14.4 Å². The average Bonchev–Trinajstić information content (AvgIpc) is 2.92. The van der Waals surface area contributed by atoms with Crippen molar-refractivity contribution in [3.05, 3.63) is 48.3 Å². The van der Waals surface area contributed by atoms with Crippen LogP contribution < -0.4 is 19.5 Å². The molecule has 10 nitrogen and oxygen atoms in total. The number of hydrogen-bond donors (Lipinski definition) is 1. The lowest BCUT2D eigenvalue weighted by molar-refractivity contribution is -0.163. The van der Waals surface area contributed by atoms with Gasteiger partial charge in [0.25, 0.3) is 5.91 Å². The molecule has 1 aromatic heterocycles. The molecule has 1 fully saturated rings. The number of methoxy groups -OCH3 is 1. The number of nitrogens with one attached hydrogen (secondary N) is 1. The predicted octanol–water partition coefficient (Wildman–Crippen LogP) is 3.47. The molecule has 1 aliphatic heterocycles. The van der Waals surface area contributed by atoms with Gasteiger partial charge in [-0.2, -0.15) is 0 Å². The number of esters is 2. The molecule has 1 aromatic carbocycles. The van der Waals surface area contributed by atoms with Gasteiger partial charge in [-0.15, -0.1) is 0 Å². The fourth-order valence-corrected chi connectivity index (χ4v) is 4.09. The van der Waals surface area contributed by atoms with Crippen LogP contribution in [0.3, 0.4) is 0 Å². The van der Waals surface area contributed by atoms with Crippen LogP contribution in [-0.4, -0.2) is 60.9 Å². The van der Waals surface area contributed by atoms with Gasteiger partial charge in [0.15, 0.2) is 11.4 Å². The minimum Gasteiger partial charge on any atom is -0.493 e. The summed E-state index contributed by atoms with van der Waals surface area (Å²) >= 11 is 0. The zero-order valence-corrected chi connectivity index (χ0v) is 21.6. The minimum atomic E-state index is -0.949. The van der Waals surface area contributed by atoms with Gasteiger partial charge >= 0.3 is 11.9 Å². The number of rotatable bonds is 9. The fraction of sp³-hybridized carbons (Fsp3) is 0.481. The van der Waals surface area contributed by atoms with Crippen LogP contribution in [0.1, 0.15) is 56.9 Å². The maximum atomic E-state index is 13.1. The number of carbonyl (C=O) groups is 3. The Balaban J connectivity index is 1.80. The Morgan fingerprint density at radius 1 is 1.16 bits per heavy atom. The predicted molar refractivity (Wildman–Crippen MR) is 134 cm³/mol. The number of nitrogens with zero attached hydrogens (tertiary/aromatic N) is 1. The van der Waals surface area contributed by atoms with Gasteiger partial charge in [0.05, 0.1) is 7.11 Å². The standard InChI is InChI=1S/C27H34N2O8/c1-5-16-34-24-17(2)35-27(32)20(12-9-13-22(24)37-19-10-7-6-8-11-19)29-26(31)23-25(36-18(3)30)21(33-4)14-15-28-23/h6-8,10-11,14-15,17,20,22,24H,5,9,12-13,16H2,1-4H3,(H,29,31). The molecule has 2 heterocycles. The molecular formula is C27H34N2O8. The first-order valence-electron chi connectivity index (χ1n) is 12.4. The smallest absolute Gasteiger partial charge is 0.329 e. The van der Waals surface area contributed by atoms with E-state index in [2.05, 4.69) is 10.3 Å². The van der Waals surface area contributed by atoms with E-state index in [0.29, 0.717) is 31.6 Å². The highest BCUT2D eigenvalue weighted by Crippen LogP contribution is 2.30. The molecular weight excluding hydrogens is 480 g/mol. The molecule has 0 radical (unpaired) electrons. The molecule has 1 N–H and O–H groups in total. The Morgan fingerprint density at radius 2 is 1.92 bits per heavy atom. The van der Waals surface area contributed by atoms with Crippen LogP contribution in [0, 0.1) is 0 Å². The van der Waals surface area contributed by atoms with Crippen LogP contribution in [-0.2, 0) is 19.1 Å². The number of carbonyl (C=O) groups excluding carboxylic acids is 3. The summed E-state index contributed by atoms with van der Waals surface area (Å²) in [6.07, 6.45) is 2.11. The number of ether oxygens (including phenoxy) is 5.